The van der Waals surface area contributed by atoms with Gasteiger partial charge in [0.1, 0.15) is 5.82 Å². The zero-order valence-corrected chi connectivity index (χ0v) is 12.2. The summed E-state index contributed by atoms with van der Waals surface area (Å²) in [6, 6.07) is 12.9. The molecular weight excluding hydrogens is 307 g/mol. The summed E-state index contributed by atoms with van der Waals surface area (Å²) >= 11 is 5.99. The maximum atomic E-state index is 13.2. The van der Waals surface area contributed by atoms with E-state index >= 15 is 0 Å². The number of halogens is 2. The third-order valence-corrected chi connectivity index (χ3v) is 3.58. The molecule has 0 saturated carbocycles. The second-order valence-electron chi connectivity index (χ2n) is 4.82. The first-order valence-corrected chi connectivity index (χ1v) is 7.05. The van der Waals surface area contributed by atoms with Gasteiger partial charge in [0.25, 0.3) is 5.91 Å². The zero-order valence-electron chi connectivity index (χ0n) is 11.4. The van der Waals surface area contributed by atoms with Crippen LogP contribution in [0.1, 0.15) is 12.0 Å². The first-order valence-electron chi connectivity index (χ1n) is 6.67. The number of hydrogen-bond donors (Lipinski definition) is 1. The number of benzene rings is 2. The van der Waals surface area contributed by atoms with E-state index in [1.807, 2.05) is 0 Å². The van der Waals surface area contributed by atoms with Gasteiger partial charge in [0, 0.05) is 12.0 Å². The van der Waals surface area contributed by atoms with Gasteiger partial charge < -0.3 is 10.2 Å². The Kier molecular flexibility index (Phi) is 4.06. The molecule has 2 aromatic rings. The van der Waals surface area contributed by atoms with Crippen molar-refractivity contribution >= 4 is 28.9 Å². The van der Waals surface area contributed by atoms with E-state index in [0.29, 0.717) is 22.0 Å². The Labute approximate surface area is 131 Å². The predicted octanol–water partition coefficient (Wildman–Crippen LogP) is 3.61. The summed E-state index contributed by atoms with van der Waals surface area (Å²) in [6.07, 6.45) is -0.478. The lowest BCUT2D eigenvalue weighted by molar-refractivity contribution is -0.125. The van der Waals surface area contributed by atoms with Gasteiger partial charge in [-0.2, -0.15) is 0 Å². The Balaban J connectivity index is 1.67. The van der Waals surface area contributed by atoms with E-state index in [-0.39, 0.29) is 18.1 Å². The van der Waals surface area contributed by atoms with Crippen LogP contribution in [0.4, 0.5) is 10.1 Å². The number of carbonyl (C=O) groups is 1. The number of carbonyl (C=O) groups excluding carboxylic acids is 1. The van der Waals surface area contributed by atoms with Crippen LogP contribution < -0.4 is 5.32 Å². The van der Waals surface area contributed by atoms with E-state index in [2.05, 4.69) is 10.5 Å². The number of nitrogens with zero attached hydrogens (tertiary/aromatic N) is 1. The van der Waals surface area contributed by atoms with Gasteiger partial charge in [-0.1, -0.05) is 41.0 Å². The molecule has 0 aromatic heterocycles. The maximum Gasteiger partial charge on any atom is 0.268 e. The van der Waals surface area contributed by atoms with Crippen molar-refractivity contribution in [1.29, 1.82) is 0 Å². The fraction of sp³-hybridized carbons (Fsp3) is 0.125. The van der Waals surface area contributed by atoms with Crippen LogP contribution in [0.15, 0.2) is 53.7 Å². The van der Waals surface area contributed by atoms with Crippen molar-refractivity contribution in [2.45, 2.75) is 12.5 Å². The molecule has 4 nitrogen and oxygen atoms in total. The van der Waals surface area contributed by atoms with E-state index < -0.39 is 6.10 Å². The highest BCUT2D eigenvalue weighted by Gasteiger charge is 2.29. The monoisotopic (exact) mass is 318 g/mol. The summed E-state index contributed by atoms with van der Waals surface area (Å²) in [4.78, 5) is 17.3. The van der Waals surface area contributed by atoms with Crippen molar-refractivity contribution in [3.8, 4) is 0 Å². The number of nitrogens with one attached hydrogen (secondary N) is 1. The summed E-state index contributed by atoms with van der Waals surface area (Å²) < 4.78 is 13.2. The van der Waals surface area contributed by atoms with Crippen molar-refractivity contribution in [1.82, 2.24) is 0 Å². The van der Waals surface area contributed by atoms with E-state index in [1.54, 1.807) is 36.4 Å². The molecule has 3 rings (SSSR count). The summed E-state index contributed by atoms with van der Waals surface area (Å²) in [5.41, 5.74) is 1.66. The normalized spacial score (nSPS) is 16.8. The van der Waals surface area contributed by atoms with Crippen LogP contribution in [0, 0.1) is 5.82 Å². The van der Waals surface area contributed by atoms with Gasteiger partial charge in [-0.3, -0.25) is 4.79 Å². The van der Waals surface area contributed by atoms with Crippen molar-refractivity contribution in [3.63, 3.8) is 0 Å². The summed E-state index contributed by atoms with van der Waals surface area (Å²) in [5, 5.41) is 7.01. The minimum atomic E-state index is -0.755. The van der Waals surface area contributed by atoms with Crippen molar-refractivity contribution in [2.24, 2.45) is 5.16 Å². The molecule has 1 amide bonds. The van der Waals surface area contributed by atoms with Crippen molar-refractivity contribution in [2.75, 3.05) is 5.32 Å². The van der Waals surface area contributed by atoms with Crippen LogP contribution in [-0.2, 0) is 9.63 Å². The molecule has 1 heterocycles. The molecule has 0 aliphatic carbocycles. The van der Waals surface area contributed by atoms with Crippen molar-refractivity contribution in [3.05, 3.63) is 64.9 Å². The molecule has 22 heavy (non-hydrogen) atoms. The van der Waals surface area contributed by atoms with Crippen LogP contribution in [0.3, 0.4) is 0 Å². The second-order valence-corrected chi connectivity index (χ2v) is 5.22. The van der Waals surface area contributed by atoms with Crippen LogP contribution in [0.5, 0.6) is 0 Å². The van der Waals surface area contributed by atoms with Gasteiger partial charge in [-0.05, 0) is 24.3 Å². The number of amides is 1. The van der Waals surface area contributed by atoms with E-state index in [9.17, 15) is 9.18 Å². The Bertz CT molecular complexity index is 748. The second kappa shape index (κ2) is 6.15. The largest absolute Gasteiger partial charge is 0.382 e. The standard InChI is InChI=1S/C16H12ClFN2O2/c17-12-6-1-2-7-13(12)19-16(21)15-9-14(20-22-15)10-4-3-5-11(18)8-10/h1-8,15H,9H2,(H,19,21). The van der Waals surface area contributed by atoms with Gasteiger partial charge in [0.15, 0.2) is 0 Å². The molecule has 0 radical (unpaired) electrons. The maximum absolute atomic E-state index is 13.2. The smallest absolute Gasteiger partial charge is 0.268 e. The molecular formula is C16H12ClFN2O2. The Morgan fingerprint density at radius 3 is 2.86 bits per heavy atom. The summed E-state index contributed by atoms with van der Waals surface area (Å²) in [6.45, 7) is 0. The lowest BCUT2D eigenvalue weighted by atomic mass is 10.0. The fourth-order valence-electron chi connectivity index (χ4n) is 2.13. The Hall–Kier alpha value is -2.40. The van der Waals surface area contributed by atoms with Crippen molar-refractivity contribution < 1.29 is 14.0 Å². The molecule has 1 aliphatic rings. The Morgan fingerprint density at radius 2 is 2.09 bits per heavy atom. The predicted molar refractivity (Wildman–Crippen MR) is 82.5 cm³/mol. The highest BCUT2D eigenvalue weighted by Crippen LogP contribution is 2.23. The summed E-state index contributed by atoms with van der Waals surface area (Å²) in [5.74, 6) is -0.701. The first-order chi connectivity index (χ1) is 10.6. The molecule has 1 atom stereocenters. The molecule has 2 aromatic carbocycles. The van der Waals surface area contributed by atoms with E-state index in [0.717, 1.165) is 0 Å². The lowest BCUT2D eigenvalue weighted by Crippen LogP contribution is -2.28. The topological polar surface area (TPSA) is 50.7 Å². The van der Waals surface area contributed by atoms with E-state index in [4.69, 9.17) is 16.4 Å². The average molecular weight is 319 g/mol. The van der Waals surface area contributed by atoms with Gasteiger partial charge in [0.05, 0.1) is 16.4 Å². The highest BCUT2D eigenvalue weighted by molar-refractivity contribution is 6.33. The third kappa shape index (κ3) is 3.09. The number of hydrogen-bond acceptors (Lipinski definition) is 3. The quantitative estimate of drug-likeness (QED) is 0.940. The SMILES string of the molecule is O=C(Nc1ccccc1Cl)C1CC(c2cccc(F)c2)=NO1. The van der Waals surface area contributed by atoms with E-state index in [1.165, 1.54) is 12.1 Å². The average Bonchev–Trinajstić information content (AvgIpc) is 2.99. The van der Waals surface area contributed by atoms with Crippen LogP contribution in [0.2, 0.25) is 5.02 Å². The molecule has 0 bridgehead atoms. The lowest BCUT2D eigenvalue weighted by Gasteiger charge is -2.10. The molecule has 6 heteroatoms. The van der Waals surface area contributed by atoms with Gasteiger partial charge >= 0.3 is 0 Å². The van der Waals surface area contributed by atoms with Crippen LogP contribution in [0.25, 0.3) is 0 Å². The molecule has 1 N–H and O–H groups in total. The molecule has 0 saturated heterocycles. The highest BCUT2D eigenvalue weighted by atomic mass is 35.5. The van der Waals surface area contributed by atoms with Gasteiger partial charge in [0.2, 0.25) is 6.10 Å². The molecule has 1 aliphatic heterocycles. The summed E-state index contributed by atoms with van der Waals surface area (Å²) in [7, 11) is 0. The number of para-hydroxylation sites is 1. The molecule has 1 unspecified atom stereocenters. The van der Waals surface area contributed by atoms with Gasteiger partial charge in [-0.15, -0.1) is 0 Å². The molecule has 112 valence electrons. The number of rotatable bonds is 3. The number of anilines is 1. The third-order valence-electron chi connectivity index (χ3n) is 3.25. The van der Waals surface area contributed by atoms with Crippen LogP contribution in [-0.4, -0.2) is 17.7 Å². The van der Waals surface area contributed by atoms with Crippen LogP contribution >= 0.6 is 11.6 Å². The van der Waals surface area contributed by atoms with Gasteiger partial charge in [-0.25, -0.2) is 4.39 Å². The first kappa shape index (κ1) is 14.5. The zero-order chi connectivity index (χ0) is 15.5. The fourth-order valence-corrected chi connectivity index (χ4v) is 2.32. The Morgan fingerprint density at radius 1 is 1.27 bits per heavy atom. The minimum absolute atomic E-state index is 0.278. The minimum Gasteiger partial charge on any atom is -0.382 e. The molecule has 0 fully saturated rings. The number of oxime groups is 1. The molecule has 0 spiro atoms.